The van der Waals surface area contributed by atoms with E-state index < -0.39 is 0 Å². The number of hydrogen-bond acceptors (Lipinski definition) is 0. The number of hydrogen-bond donors (Lipinski definition) is 0. The number of alkyl halides is 1. The lowest BCUT2D eigenvalue weighted by atomic mass is 10.1. The molecule has 0 spiro atoms. The minimum absolute atomic E-state index is 0. The van der Waals surface area contributed by atoms with Crippen molar-refractivity contribution in [1.29, 1.82) is 0 Å². The van der Waals surface area contributed by atoms with E-state index in [0.29, 0.717) is 0 Å². The minimum Gasteiger partial charge on any atom is -1.00 e. The first-order chi connectivity index (χ1) is 9.74. The van der Waals surface area contributed by atoms with Crippen molar-refractivity contribution in [1.82, 2.24) is 0 Å². The van der Waals surface area contributed by atoms with Gasteiger partial charge in [0.2, 0.25) is 0 Å². The van der Waals surface area contributed by atoms with Gasteiger partial charge in [-0.05, 0) is 44.9 Å². The summed E-state index contributed by atoms with van der Waals surface area (Å²) < 4.78 is 1.42. The van der Waals surface area contributed by atoms with Gasteiger partial charge in [0.1, 0.15) is 0 Å². The first-order valence-corrected chi connectivity index (χ1v) is 10.3. The monoisotopic (exact) mass is 475 g/mol. The molecule has 21 heavy (non-hydrogen) atoms. The van der Waals surface area contributed by atoms with Crippen molar-refractivity contribution >= 4 is 15.9 Å². The van der Waals surface area contributed by atoms with Gasteiger partial charge in [-0.25, -0.2) is 0 Å². The Morgan fingerprint density at radius 1 is 0.571 bits per heavy atom. The number of halogens is 2. The van der Waals surface area contributed by atoms with Crippen molar-refractivity contribution in [2.24, 2.45) is 0 Å². The Hall–Kier alpha value is 1.17. The van der Waals surface area contributed by atoms with E-state index in [1.165, 1.54) is 100 Å². The molecule has 0 aromatic heterocycles. The molecule has 130 valence electrons. The van der Waals surface area contributed by atoms with Gasteiger partial charge in [0.25, 0.3) is 0 Å². The second-order valence-corrected chi connectivity index (χ2v) is 7.19. The van der Waals surface area contributed by atoms with Crippen LogP contribution in [0, 0.1) is 0 Å². The van der Waals surface area contributed by atoms with Gasteiger partial charge in [-0.1, -0.05) is 56.0 Å². The van der Waals surface area contributed by atoms with Crippen molar-refractivity contribution < 1.29 is 28.5 Å². The molecular formula is C18H39BrIN. The first-order valence-electron chi connectivity index (χ1n) is 9.15. The van der Waals surface area contributed by atoms with Gasteiger partial charge in [0.05, 0.1) is 26.2 Å². The lowest BCUT2D eigenvalue weighted by Crippen LogP contribution is -3.00. The van der Waals surface area contributed by atoms with Gasteiger partial charge in [-0.15, -0.1) is 0 Å². The third-order valence-corrected chi connectivity index (χ3v) is 5.03. The second-order valence-electron chi connectivity index (χ2n) is 6.40. The Labute approximate surface area is 160 Å². The molecule has 0 fully saturated rings. The van der Waals surface area contributed by atoms with Crippen LogP contribution in [0.5, 0.6) is 0 Å². The molecule has 0 amide bonds. The van der Waals surface area contributed by atoms with Crippen LogP contribution in [-0.4, -0.2) is 36.0 Å². The summed E-state index contributed by atoms with van der Waals surface area (Å²) in [6, 6.07) is 0. The predicted octanol–water partition coefficient (Wildman–Crippen LogP) is 3.16. The van der Waals surface area contributed by atoms with Gasteiger partial charge in [-0.3, -0.25) is 0 Å². The van der Waals surface area contributed by atoms with E-state index in [4.69, 9.17) is 0 Å². The number of quaternary nitrogens is 1. The standard InChI is InChI=1S/C18H39BrN.HI/c1-4-7-11-16-20(15-9-6-3,17-12-8-5-2)18-13-10-14-19;/h4-18H2,1-3H3;1H/q+1;/p-1. The third kappa shape index (κ3) is 13.3. The molecule has 0 bridgehead atoms. The Balaban J connectivity index is 0. The number of rotatable bonds is 15. The van der Waals surface area contributed by atoms with Gasteiger partial charge < -0.3 is 28.5 Å². The summed E-state index contributed by atoms with van der Waals surface area (Å²) in [5, 5.41) is 1.17. The van der Waals surface area contributed by atoms with Crippen LogP contribution < -0.4 is 24.0 Å². The highest BCUT2D eigenvalue weighted by Crippen LogP contribution is 2.17. The molecule has 0 atom stereocenters. The molecular weight excluding hydrogens is 437 g/mol. The Morgan fingerprint density at radius 2 is 0.952 bits per heavy atom. The average molecular weight is 476 g/mol. The number of nitrogens with zero attached hydrogens (tertiary/aromatic N) is 1. The van der Waals surface area contributed by atoms with Gasteiger partial charge >= 0.3 is 0 Å². The summed E-state index contributed by atoms with van der Waals surface area (Å²) >= 11 is 3.59. The highest BCUT2D eigenvalue weighted by Gasteiger charge is 2.25. The van der Waals surface area contributed by atoms with Crippen LogP contribution in [0.15, 0.2) is 0 Å². The van der Waals surface area contributed by atoms with Crippen LogP contribution in [0.25, 0.3) is 0 Å². The van der Waals surface area contributed by atoms with Crippen molar-refractivity contribution in [3.63, 3.8) is 0 Å². The molecule has 0 aromatic carbocycles. The summed E-state index contributed by atoms with van der Waals surface area (Å²) in [7, 11) is 0. The quantitative estimate of drug-likeness (QED) is 0.148. The summed E-state index contributed by atoms with van der Waals surface area (Å²) in [4.78, 5) is 0. The maximum absolute atomic E-state index is 3.59. The SMILES string of the molecule is CCCCC[N+](CCCC)(CCCCC)CCCCBr.[I-]. The van der Waals surface area contributed by atoms with Crippen LogP contribution in [0.2, 0.25) is 0 Å². The summed E-state index contributed by atoms with van der Waals surface area (Å²) in [6.07, 6.45) is 13.9. The van der Waals surface area contributed by atoms with E-state index in [1.54, 1.807) is 0 Å². The van der Waals surface area contributed by atoms with Gasteiger partial charge in [-0.2, -0.15) is 0 Å². The van der Waals surface area contributed by atoms with Crippen LogP contribution >= 0.6 is 15.9 Å². The van der Waals surface area contributed by atoms with E-state index in [9.17, 15) is 0 Å². The maximum atomic E-state index is 3.59. The molecule has 1 nitrogen and oxygen atoms in total. The van der Waals surface area contributed by atoms with Crippen LogP contribution in [0.4, 0.5) is 0 Å². The molecule has 0 radical (unpaired) electrons. The average Bonchev–Trinajstić information content (AvgIpc) is 2.46. The molecule has 0 aliphatic carbocycles. The molecule has 3 heteroatoms. The molecule has 0 saturated heterocycles. The Bertz CT molecular complexity index is 173. The lowest BCUT2D eigenvalue weighted by Gasteiger charge is -2.39. The van der Waals surface area contributed by atoms with Crippen molar-refractivity contribution in [3.05, 3.63) is 0 Å². The first kappa shape index (κ1) is 24.4. The van der Waals surface area contributed by atoms with Crippen molar-refractivity contribution in [2.45, 2.75) is 85.0 Å². The lowest BCUT2D eigenvalue weighted by molar-refractivity contribution is -0.929. The second kappa shape index (κ2) is 17.5. The Kier molecular flexibility index (Phi) is 20.4. The molecule has 0 aliphatic rings. The van der Waals surface area contributed by atoms with E-state index in [-0.39, 0.29) is 24.0 Å². The smallest absolute Gasteiger partial charge is 0.0786 e. The predicted molar refractivity (Wildman–Crippen MR) is 96.7 cm³/mol. The largest absolute Gasteiger partial charge is 1.00 e. The minimum atomic E-state index is 0. The van der Waals surface area contributed by atoms with Crippen LogP contribution in [0.3, 0.4) is 0 Å². The zero-order chi connectivity index (χ0) is 15.1. The van der Waals surface area contributed by atoms with E-state index in [1.807, 2.05) is 0 Å². The maximum Gasteiger partial charge on any atom is 0.0786 e. The summed E-state index contributed by atoms with van der Waals surface area (Å²) in [6.45, 7) is 12.7. The fourth-order valence-electron chi connectivity index (χ4n) is 3.10. The molecule has 0 saturated carbocycles. The summed E-state index contributed by atoms with van der Waals surface area (Å²) in [5.74, 6) is 0. The third-order valence-electron chi connectivity index (χ3n) is 4.47. The molecule has 0 aliphatic heterocycles. The normalized spacial score (nSPS) is 11.4. The van der Waals surface area contributed by atoms with Crippen LogP contribution in [0.1, 0.15) is 85.0 Å². The van der Waals surface area contributed by atoms with E-state index in [2.05, 4.69) is 36.7 Å². The fourth-order valence-corrected chi connectivity index (χ4v) is 3.50. The highest BCUT2D eigenvalue weighted by molar-refractivity contribution is 9.09. The molecule has 0 rings (SSSR count). The van der Waals surface area contributed by atoms with E-state index in [0.717, 1.165) is 0 Å². The zero-order valence-electron chi connectivity index (χ0n) is 14.8. The van der Waals surface area contributed by atoms with Gasteiger partial charge in [0.15, 0.2) is 0 Å². The highest BCUT2D eigenvalue weighted by atomic mass is 127. The Morgan fingerprint density at radius 3 is 1.33 bits per heavy atom. The topological polar surface area (TPSA) is 0 Å². The molecule has 0 heterocycles. The fraction of sp³-hybridized carbons (Fsp3) is 1.00. The summed E-state index contributed by atoms with van der Waals surface area (Å²) in [5.41, 5.74) is 0. The van der Waals surface area contributed by atoms with Gasteiger partial charge in [0, 0.05) is 5.33 Å². The molecule has 0 aromatic rings. The van der Waals surface area contributed by atoms with E-state index >= 15 is 0 Å². The number of unbranched alkanes of at least 4 members (excludes halogenated alkanes) is 6. The molecule has 0 N–H and O–H groups in total. The van der Waals surface area contributed by atoms with Crippen molar-refractivity contribution in [2.75, 3.05) is 31.5 Å². The zero-order valence-corrected chi connectivity index (χ0v) is 18.6. The molecule has 0 unspecified atom stereocenters. The van der Waals surface area contributed by atoms with Crippen LogP contribution in [-0.2, 0) is 0 Å². The van der Waals surface area contributed by atoms with Crippen molar-refractivity contribution in [3.8, 4) is 0 Å².